The Bertz CT molecular complexity index is 756. The Hall–Kier alpha value is -2.38. The first-order chi connectivity index (χ1) is 10.8. The quantitative estimate of drug-likeness (QED) is 0.856. The van der Waals surface area contributed by atoms with Gasteiger partial charge in [0.05, 0.1) is 16.7 Å². The van der Waals surface area contributed by atoms with Crippen LogP contribution in [0.2, 0.25) is 0 Å². The fraction of sp³-hybridized carbons (Fsp3) is 0.400. The average Bonchev–Trinajstić information content (AvgIpc) is 2.84. The summed E-state index contributed by atoms with van der Waals surface area (Å²) in [4.78, 5) is 29.9. The minimum atomic E-state index is -2.99. The van der Waals surface area contributed by atoms with Gasteiger partial charge in [0.15, 0.2) is 5.78 Å². The van der Waals surface area contributed by atoms with Gasteiger partial charge in [0, 0.05) is 25.1 Å². The van der Waals surface area contributed by atoms with Crippen molar-refractivity contribution in [3.8, 4) is 0 Å². The number of hydrogen-bond donors (Lipinski definition) is 2. The summed E-state index contributed by atoms with van der Waals surface area (Å²) in [5.41, 5.74) is 1.62. The Morgan fingerprint density at radius 1 is 1.39 bits per heavy atom. The molecule has 1 amide bonds. The molecule has 0 aliphatic rings. The number of H-pyrrole nitrogens is 1. The van der Waals surface area contributed by atoms with Crippen molar-refractivity contribution in [3.63, 3.8) is 0 Å². The van der Waals surface area contributed by atoms with Crippen molar-refractivity contribution in [2.24, 2.45) is 0 Å². The highest BCUT2D eigenvalue weighted by molar-refractivity contribution is 5.99. The molecule has 0 radical (unpaired) electrons. The van der Waals surface area contributed by atoms with E-state index in [2.05, 4.69) is 15.3 Å². The van der Waals surface area contributed by atoms with E-state index in [9.17, 15) is 22.8 Å². The molecular formula is C15H16F3N3O2. The molecule has 0 aliphatic carbocycles. The lowest BCUT2D eigenvalue weighted by molar-refractivity contribution is -0.129. The number of carbonyl (C=O) groups is 2. The van der Waals surface area contributed by atoms with Crippen molar-refractivity contribution in [2.45, 2.75) is 32.6 Å². The second kappa shape index (κ2) is 6.80. The van der Waals surface area contributed by atoms with Crippen molar-refractivity contribution >= 4 is 22.7 Å². The second-order valence-electron chi connectivity index (χ2n) is 5.13. The van der Waals surface area contributed by atoms with E-state index in [4.69, 9.17) is 0 Å². The summed E-state index contributed by atoms with van der Waals surface area (Å²) in [6.45, 7) is 1.49. The minimum absolute atomic E-state index is 0.151. The molecular weight excluding hydrogens is 311 g/mol. The van der Waals surface area contributed by atoms with Gasteiger partial charge in [0.25, 0.3) is 12.3 Å². The zero-order chi connectivity index (χ0) is 17.1. The van der Waals surface area contributed by atoms with Crippen molar-refractivity contribution in [3.05, 3.63) is 28.8 Å². The zero-order valence-electron chi connectivity index (χ0n) is 12.7. The van der Waals surface area contributed by atoms with Gasteiger partial charge in [0.2, 0.25) is 0 Å². The van der Waals surface area contributed by atoms with Crippen LogP contribution in [0.15, 0.2) is 6.07 Å². The maximum absolute atomic E-state index is 13.6. The number of rotatable bonds is 6. The lowest BCUT2D eigenvalue weighted by Crippen LogP contribution is -2.20. The molecule has 0 aliphatic heterocycles. The van der Waals surface area contributed by atoms with Gasteiger partial charge in [-0.3, -0.25) is 9.59 Å². The molecule has 2 N–H and O–H groups in total. The molecule has 0 saturated carbocycles. The van der Waals surface area contributed by atoms with Crippen LogP contribution in [0, 0.1) is 12.7 Å². The van der Waals surface area contributed by atoms with E-state index in [1.54, 1.807) is 0 Å². The SMILES string of the molecule is CNC(=O)c1[nH]c2cc(F)c(C)nc2c1CCCC(=O)C(F)F. The minimum Gasteiger partial charge on any atom is -0.354 e. The lowest BCUT2D eigenvalue weighted by Gasteiger charge is -2.04. The summed E-state index contributed by atoms with van der Waals surface area (Å²) in [7, 11) is 1.44. The second-order valence-corrected chi connectivity index (χ2v) is 5.13. The van der Waals surface area contributed by atoms with E-state index in [-0.39, 0.29) is 30.7 Å². The molecule has 2 heterocycles. The number of hydrogen-bond acceptors (Lipinski definition) is 3. The number of amides is 1. The molecule has 2 rings (SSSR count). The Balaban J connectivity index is 2.36. The number of pyridine rings is 1. The lowest BCUT2D eigenvalue weighted by atomic mass is 10.0. The van der Waals surface area contributed by atoms with Crippen LogP contribution in [-0.2, 0) is 11.2 Å². The average molecular weight is 327 g/mol. The number of nitrogens with zero attached hydrogens (tertiary/aromatic N) is 1. The van der Waals surface area contributed by atoms with Gasteiger partial charge in [-0.15, -0.1) is 0 Å². The van der Waals surface area contributed by atoms with Crippen LogP contribution >= 0.6 is 0 Å². The number of alkyl halides is 2. The van der Waals surface area contributed by atoms with E-state index in [0.717, 1.165) is 0 Å². The topological polar surface area (TPSA) is 74.8 Å². The third-order valence-corrected chi connectivity index (χ3v) is 3.55. The molecule has 23 heavy (non-hydrogen) atoms. The third-order valence-electron chi connectivity index (χ3n) is 3.55. The Morgan fingerprint density at radius 3 is 2.70 bits per heavy atom. The van der Waals surface area contributed by atoms with E-state index in [1.165, 1.54) is 20.0 Å². The van der Waals surface area contributed by atoms with Crippen LogP contribution in [0.25, 0.3) is 11.0 Å². The van der Waals surface area contributed by atoms with Gasteiger partial charge in [-0.05, 0) is 19.8 Å². The highest BCUT2D eigenvalue weighted by Gasteiger charge is 2.20. The first-order valence-electron chi connectivity index (χ1n) is 7.05. The van der Waals surface area contributed by atoms with Crippen LogP contribution in [0.3, 0.4) is 0 Å². The number of Topliss-reactive ketones (excluding diaryl/α,β-unsaturated/α-hetero) is 1. The summed E-state index contributed by atoms with van der Waals surface area (Å²) in [6.07, 6.45) is -2.93. The normalized spacial score (nSPS) is 11.2. The molecule has 0 saturated heterocycles. The maximum Gasteiger partial charge on any atom is 0.295 e. The van der Waals surface area contributed by atoms with E-state index in [1.807, 2.05) is 0 Å². The Kier molecular flexibility index (Phi) is 5.02. The van der Waals surface area contributed by atoms with E-state index >= 15 is 0 Å². The molecule has 0 fully saturated rings. The van der Waals surface area contributed by atoms with Gasteiger partial charge >= 0.3 is 0 Å². The number of fused-ring (bicyclic) bond motifs is 1. The number of aryl methyl sites for hydroxylation is 2. The van der Waals surface area contributed by atoms with Gasteiger partial charge in [-0.2, -0.15) is 0 Å². The largest absolute Gasteiger partial charge is 0.354 e. The molecule has 0 aromatic carbocycles. The molecule has 5 nitrogen and oxygen atoms in total. The number of ketones is 1. The monoisotopic (exact) mass is 327 g/mol. The molecule has 2 aromatic rings. The van der Waals surface area contributed by atoms with Crippen molar-refractivity contribution in [1.82, 2.24) is 15.3 Å². The molecule has 0 atom stereocenters. The van der Waals surface area contributed by atoms with Crippen molar-refractivity contribution in [1.29, 1.82) is 0 Å². The fourth-order valence-corrected chi connectivity index (χ4v) is 2.35. The number of aromatic nitrogens is 2. The Labute approximate surface area is 130 Å². The summed E-state index contributed by atoms with van der Waals surface area (Å²) in [5.74, 6) is -2.07. The predicted octanol–water partition coefficient (Wildman–Crippen LogP) is 2.53. The summed E-state index contributed by atoms with van der Waals surface area (Å²) >= 11 is 0. The van der Waals surface area contributed by atoms with E-state index in [0.29, 0.717) is 16.6 Å². The molecule has 0 unspecified atom stereocenters. The first-order valence-corrected chi connectivity index (χ1v) is 7.05. The molecule has 124 valence electrons. The molecule has 2 aromatic heterocycles. The van der Waals surface area contributed by atoms with Crippen molar-refractivity contribution in [2.75, 3.05) is 7.05 Å². The fourth-order valence-electron chi connectivity index (χ4n) is 2.35. The number of carbonyl (C=O) groups excluding carboxylic acids is 2. The van der Waals surface area contributed by atoms with Crippen LogP contribution in [0.5, 0.6) is 0 Å². The highest BCUT2D eigenvalue weighted by atomic mass is 19.3. The number of aromatic amines is 1. The van der Waals surface area contributed by atoms with Crippen molar-refractivity contribution < 1.29 is 22.8 Å². The highest BCUT2D eigenvalue weighted by Crippen LogP contribution is 2.24. The van der Waals surface area contributed by atoms with Gasteiger partial charge in [-0.1, -0.05) is 0 Å². The van der Waals surface area contributed by atoms with Crippen LogP contribution in [0.1, 0.15) is 34.6 Å². The smallest absolute Gasteiger partial charge is 0.295 e. The van der Waals surface area contributed by atoms with Gasteiger partial charge < -0.3 is 10.3 Å². The molecule has 0 bridgehead atoms. The summed E-state index contributed by atoms with van der Waals surface area (Å²) < 4.78 is 38.1. The first kappa shape index (κ1) is 17.0. The number of halogens is 3. The van der Waals surface area contributed by atoms with Crippen LogP contribution in [0.4, 0.5) is 13.2 Å². The van der Waals surface area contributed by atoms with Gasteiger partial charge in [-0.25, -0.2) is 18.2 Å². The van der Waals surface area contributed by atoms with Crippen LogP contribution < -0.4 is 5.32 Å². The summed E-state index contributed by atoms with van der Waals surface area (Å²) in [5, 5.41) is 2.45. The van der Waals surface area contributed by atoms with Crippen LogP contribution in [-0.4, -0.2) is 35.1 Å². The predicted molar refractivity (Wildman–Crippen MR) is 78.1 cm³/mol. The zero-order valence-corrected chi connectivity index (χ0v) is 12.7. The summed E-state index contributed by atoms with van der Waals surface area (Å²) in [6, 6.07) is 1.23. The Morgan fingerprint density at radius 2 is 2.09 bits per heavy atom. The van der Waals surface area contributed by atoms with E-state index < -0.39 is 23.9 Å². The number of nitrogens with one attached hydrogen (secondary N) is 2. The van der Waals surface area contributed by atoms with Gasteiger partial charge in [0.1, 0.15) is 11.5 Å². The standard InChI is InChI=1S/C15H16F3N3O2/c1-7-9(16)6-10-12(20-7)8(13(21-10)15(23)19-2)4-3-5-11(22)14(17)18/h6,14,21H,3-5H2,1-2H3,(H,19,23). The molecule has 8 heteroatoms. The maximum atomic E-state index is 13.6. The molecule has 0 spiro atoms. The third kappa shape index (κ3) is 3.52.